The summed E-state index contributed by atoms with van der Waals surface area (Å²) in [4.78, 5) is 65.0. The molecule has 0 radical (unpaired) electrons. The summed E-state index contributed by atoms with van der Waals surface area (Å²) in [6, 6.07) is -9.84. The van der Waals surface area contributed by atoms with Gasteiger partial charge in [-0.1, -0.05) is 0 Å². The van der Waals surface area contributed by atoms with Crippen LogP contribution in [0.1, 0.15) is 34.6 Å². The maximum atomic E-state index is 13.4. The van der Waals surface area contributed by atoms with Gasteiger partial charge in [0.15, 0.2) is 75.5 Å². The van der Waals surface area contributed by atoms with Crippen molar-refractivity contribution < 1.29 is 301 Å². The minimum absolute atomic E-state index is 0.861. The van der Waals surface area contributed by atoms with Crippen LogP contribution in [-0.4, -0.2) is 645 Å². The monoisotopic (exact) mass is 2170 g/mol. The Labute approximate surface area is 837 Å². The van der Waals surface area contributed by atoms with Crippen molar-refractivity contribution in [3.63, 3.8) is 0 Å². The smallest absolute Gasteiger partial charge is 0.217 e. The molecule has 0 aromatic rings. The Balaban J connectivity index is 0.852. The van der Waals surface area contributed by atoms with E-state index in [9.17, 15) is 192 Å². The molecule has 0 saturated carbocycles. The molecule has 0 bridgehead atoms. The Hall–Kier alpha value is -4.89. The lowest BCUT2D eigenvalue weighted by molar-refractivity contribution is -0.399. The number of aliphatic hydroxyl groups is 33. The van der Waals surface area contributed by atoms with Crippen LogP contribution in [0.2, 0.25) is 0 Å². The van der Waals surface area contributed by atoms with E-state index in [1.165, 1.54) is 0 Å². The second kappa shape index (κ2) is 53.4. The summed E-state index contributed by atoms with van der Waals surface area (Å²) in [6.07, 6.45) is -119. The van der Waals surface area contributed by atoms with Gasteiger partial charge < -0.3 is 304 Å². The third-order valence-corrected chi connectivity index (χ3v) is 27.1. The number of carbonyl (C=O) groups is 5. The van der Waals surface area contributed by atoms with Crippen LogP contribution in [0.15, 0.2) is 0 Å². The van der Waals surface area contributed by atoms with Gasteiger partial charge in [0.25, 0.3) is 0 Å². The van der Waals surface area contributed by atoms with E-state index in [1.807, 2.05) is 0 Å². The summed E-state index contributed by atoms with van der Waals surface area (Å²) < 4.78 is 137. The first-order valence-corrected chi connectivity index (χ1v) is 47.2. The fourth-order valence-corrected chi connectivity index (χ4v) is 19.2. The lowest BCUT2D eigenvalue weighted by atomic mass is 9.94. The Morgan fingerprint density at radius 2 is 0.372 bits per heavy atom. The molecule has 0 aromatic heterocycles. The van der Waals surface area contributed by atoms with E-state index in [-0.39, 0.29) is 0 Å². The van der Waals surface area contributed by atoms with Crippen LogP contribution in [0.4, 0.5) is 0 Å². The van der Waals surface area contributed by atoms with Crippen LogP contribution in [0.25, 0.3) is 0 Å². The number of carbonyl (C=O) groups excluding carboxylic acids is 5. The summed E-state index contributed by atoms with van der Waals surface area (Å²) >= 11 is 0. The summed E-state index contributed by atoms with van der Waals surface area (Å²) in [5.74, 6) is -4.89. The first kappa shape index (κ1) is 122. The fourth-order valence-electron chi connectivity index (χ4n) is 19.2. The standard InChI is InChI=1S/C82H137N5O61/c1-18(98)83-35-47(110)62(28(11-93)128-71(35)125)143-80-61(124)68(146-82-70(55(118)43(106)26(9-91)133-82)148-75-39(87-22(5)102)51(114)66(32(15-97)137-75)144-79-60(123)67(45(108)27(10-92)132-79)145-73-37(85-20(3)100)49(112)64(30(13-95)135-73)141-77-58(121)53(116)41(104)24(7-89)130-77)46(109)34(138-80)17-127-81-69(147-74-38(86-21(4)101)50(113)65(31(14-96)136-74)142-78-59(122)54(117)42(105)25(8-90)131-78)56(119)44(107)33(139-81)16-126-72-36(84-19(2)99)48(111)63(29(12-94)134-72)140-76-57(120)52(115)40(103)23(6-88)129-76/h23-82,88-97,103-125H,6-17H2,1-5H3,(H,83,98)(H,84,99)(H,85,100)(H,86,101)(H,87,102)/t23-,24-,25-,26-,27-,28-,29-,30-,31-,32-,33-,34-,35-,36-,37-,38-,39-,40+,41+,42+,43-,44-,45+,46-,47-,48-,49-,50-,51-,52+,53+,54+,55+,56+,57-,58-,59-,60-,61+,62-,63-,64-,65-,66-,67+,68+,69+,70+,71?,72-,73+,74+,75+,76+,77+,78+,79+,80+,81+,82-/m1/s1. The molecule has 856 valence electrons. The molecule has 12 saturated heterocycles. The minimum atomic E-state index is -2.66. The van der Waals surface area contributed by atoms with Gasteiger partial charge in [0.2, 0.25) is 29.5 Å². The molecule has 1 unspecified atom stereocenters. The number of amides is 5. The van der Waals surface area contributed by atoms with Crippen LogP contribution >= 0.6 is 0 Å². The van der Waals surface area contributed by atoms with Crippen LogP contribution in [0, 0.1) is 0 Å². The van der Waals surface area contributed by atoms with Crippen LogP contribution in [0.3, 0.4) is 0 Å². The van der Waals surface area contributed by atoms with E-state index < -0.39 is 477 Å². The molecule has 66 nitrogen and oxygen atoms in total. The molecule has 12 fully saturated rings. The predicted molar refractivity (Wildman–Crippen MR) is 453 cm³/mol. The molecular weight excluding hydrogens is 2030 g/mol. The van der Waals surface area contributed by atoms with E-state index in [0.717, 1.165) is 34.6 Å². The molecular formula is C82H137N5O61. The van der Waals surface area contributed by atoms with Crippen LogP contribution in [0.5, 0.6) is 0 Å². The molecule has 0 aliphatic carbocycles. The molecule has 148 heavy (non-hydrogen) atoms. The highest BCUT2D eigenvalue weighted by Crippen LogP contribution is 2.43. The maximum Gasteiger partial charge on any atom is 0.217 e. The highest BCUT2D eigenvalue weighted by Gasteiger charge is 2.64. The van der Waals surface area contributed by atoms with Gasteiger partial charge >= 0.3 is 0 Å². The van der Waals surface area contributed by atoms with Crippen molar-refractivity contribution in [2.45, 2.75) is 403 Å². The van der Waals surface area contributed by atoms with E-state index >= 15 is 0 Å². The SMILES string of the molecule is CC(=O)N[C@H]1[C@H](OC[C@H]2O[C@H](OC[C@H]3O[C@@H](O[C@H]4[C@H](O)[C@@H](NC(C)=O)C(O)O[C@@H]4CO)[C@@H](O)[C@@H](O[C@H]4O[C@H](CO)[C@@H](O)[C@H](O)[C@@H]4O[C@@H]4O[C@H](CO)[C@@H](O[C@@H]5O[C@H](CO)[C@H](O)[C@H](O[C@@H]6O[C@H](CO)[C@@H](O[C@@H]7O[C@H](CO)[C@H](O)[C@H](O)[C@H]7O)[C@H](O)[C@H]6NC(C)=O)[C@H]5O)[C@H](O)[C@H]4NC(C)=O)[C@@H]3O)[C@@H](O[C@@H]3O[C@H](CO)[C@@H](O[C@@H]4O[C@H](CO)[C@H](O)[C@H](O)[C@H]4O)[C@H](O)[C@H]3NC(C)=O)[C@@H](O)[C@@H]2O)O[C@H](CO)[C@@H](O[C@@H]2O[C@H](CO)[C@H](O)[C@H](O)[C@H]2O)[C@@H]1O. The largest absolute Gasteiger partial charge is 0.394 e. The van der Waals surface area contributed by atoms with Crippen molar-refractivity contribution in [3.8, 4) is 0 Å². The quantitative estimate of drug-likeness (QED) is 0.0272. The maximum absolute atomic E-state index is 13.4. The second-order valence-corrected chi connectivity index (χ2v) is 37.4. The van der Waals surface area contributed by atoms with Gasteiger partial charge in [0, 0.05) is 34.6 Å². The van der Waals surface area contributed by atoms with Crippen molar-refractivity contribution in [2.24, 2.45) is 0 Å². The summed E-state index contributed by atoms with van der Waals surface area (Å²) in [6.45, 7) is -9.29. The Morgan fingerprint density at radius 1 is 0.176 bits per heavy atom. The number of aliphatic hydroxyl groups excluding tert-OH is 33. The third-order valence-electron chi connectivity index (χ3n) is 27.1. The van der Waals surface area contributed by atoms with Crippen molar-refractivity contribution in [3.05, 3.63) is 0 Å². The van der Waals surface area contributed by atoms with E-state index in [2.05, 4.69) is 26.6 Å². The summed E-state index contributed by atoms with van der Waals surface area (Å²) in [7, 11) is 0. The third kappa shape index (κ3) is 26.9. The first-order chi connectivity index (χ1) is 70.1. The number of hydrogen-bond acceptors (Lipinski definition) is 61. The van der Waals surface area contributed by atoms with Crippen molar-refractivity contribution in [1.29, 1.82) is 0 Å². The Morgan fingerprint density at radius 3 is 0.689 bits per heavy atom. The zero-order valence-electron chi connectivity index (χ0n) is 79.3. The number of hydrogen-bond donors (Lipinski definition) is 38. The molecule has 66 heteroatoms. The summed E-state index contributed by atoms with van der Waals surface area (Å²) in [5, 5.41) is 383. The normalized spacial score (nSPS) is 49.3. The molecule has 0 aromatic carbocycles. The van der Waals surface area contributed by atoms with Gasteiger partial charge in [-0.05, 0) is 0 Å². The number of rotatable bonds is 39. The second-order valence-electron chi connectivity index (χ2n) is 37.4. The Bertz CT molecular complexity index is 4130. The fraction of sp³-hybridized carbons (Fsp3) is 0.939. The van der Waals surface area contributed by atoms with E-state index in [1.54, 1.807) is 0 Å². The lowest BCUT2D eigenvalue weighted by Crippen LogP contribution is -2.71. The van der Waals surface area contributed by atoms with E-state index in [0.29, 0.717) is 0 Å². The molecule has 60 atom stereocenters. The van der Waals surface area contributed by atoms with Crippen molar-refractivity contribution in [2.75, 3.05) is 79.3 Å². The van der Waals surface area contributed by atoms with Gasteiger partial charge in [-0.25, -0.2) is 0 Å². The van der Waals surface area contributed by atoms with Gasteiger partial charge in [-0.3, -0.25) is 24.0 Å². The van der Waals surface area contributed by atoms with Crippen LogP contribution in [-0.2, 0) is 133 Å². The van der Waals surface area contributed by atoms with E-state index in [4.69, 9.17) is 109 Å². The predicted octanol–water partition coefficient (Wildman–Crippen LogP) is -26.4. The molecule has 0 spiro atoms. The highest BCUT2D eigenvalue weighted by molar-refractivity contribution is 5.75. The van der Waals surface area contributed by atoms with Gasteiger partial charge in [0.05, 0.1) is 79.3 Å². The van der Waals surface area contributed by atoms with Crippen molar-refractivity contribution in [1.82, 2.24) is 26.6 Å². The average Bonchev–Trinajstić information content (AvgIpc) is 0.705. The van der Waals surface area contributed by atoms with Crippen LogP contribution < -0.4 is 26.6 Å². The van der Waals surface area contributed by atoms with Gasteiger partial charge in [0.1, 0.15) is 293 Å². The molecule has 12 rings (SSSR count). The molecule has 12 aliphatic heterocycles. The Kier molecular flexibility index (Phi) is 43.9. The minimum Gasteiger partial charge on any atom is -0.394 e. The summed E-state index contributed by atoms with van der Waals surface area (Å²) in [5.41, 5.74) is 0. The zero-order valence-corrected chi connectivity index (χ0v) is 79.3. The number of ether oxygens (including phenoxy) is 23. The van der Waals surface area contributed by atoms with Crippen molar-refractivity contribution >= 4 is 29.5 Å². The molecule has 12 aliphatic rings. The highest BCUT2D eigenvalue weighted by atomic mass is 16.8. The zero-order chi connectivity index (χ0) is 109. The first-order valence-electron chi connectivity index (χ1n) is 47.2. The molecule has 5 amide bonds. The average molecular weight is 2170 g/mol. The van der Waals surface area contributed by atoms with Gasteiger partial charge in [-0.2, -0.15) is 0 Å². The lowest BCUT2D eigenvalue weighted by Gasteiger charge is -2.51. The number of nitrogens with one attached hydrogen (secondary N) is 5. The molecule has 38 N–H and O–H groups in total. The molecule has 12 heterocycles. The van der Waals surface area contributed by atoms with Gasteiger partial charge in [-0.15, -0.1) is 0 Å². The topological polar surface area (TPSA) is 1030 Å².